The molecular weight excluding hydrogens is 388 g/mol. The van der Waals surface area contributed by atoms with Gasteiger partial charge in [0.2, 0.25) is 5.43 Å². The first-order valence-corrected chi connectivity index (χ1v) is 9.44. The molecule has 0 amide bonds. The van der Waals surface area contributed by atoms with Gasteiger partial charge in [-0.05, 0) is 56.7 Å². The number of hydrogen-bond donors (Lipinski definition) is 3. The van der Waals surface area contributed by atoms with Gasteiger partial charge in [0.25, 0.3) is 0 Å². The molecule has 2 heterocycles. The van der Waals surface area contributed by atoms with E-state index in [1.807, 2.05) is 13.8 Å². The minimum Gasteiger partial charge on any atom is -0.508 e. The van der Waals surface area contributed by atoms with E-state index in [0.29, 0.717) is 22.4 Å². The summed E-state index contributed by atoms with van der Waals surface area (Å²) < 4.78 is 12.1. The largest absolute Gasteiger partial charge is 0.508 e. The van der Waals surface area contributed by atoms with Crippen molar-refractivity contribution in [2.45, 2.75) is 38.9 Å². The lowest BCUT2D eigenvalue weighted by Gasteiger charge is -2.31. The molecule has 0 spiro atoms. The van der Waals surface area contributed by atoms with Gasteiger partial charge in [-0.15, -0.1) is 0 Å². The van der Waals surface area contributed by atoms with Crippen LogP contribution >= 0.6 is 0 Å². The first-order chi connectivity index (χ1) is 14.1. The van der Waals surface area contributed by atoms with Crippen LogP contribution in [0.25, 0.3) is 28.0 Å². The second kappa shape index (κ2) is 6.90. The van der Waals surface area contributed by atoms with Crippen molar-refractivity contribution in [1.29, 1.82) is 0 Å². The van der Waals surface area contributed by atoms with E-state index in [-0.39, 0.29) is 39.9 Å². The van der Waals surface area contributed by atoms with Crippen molar-refractivity contribution in [3.05, 3.63) is 57.8 Å². The number of ether oxygens (including phenoxy) is 1. The van der Waals surface area contributed by atoms with Crippen molar-refractivity contribution in [3.63, 3.8) is 0 Å². The molecule has 7 heteroatoms. The van der Waals surface area contributed by atoms with Crippen LogP contribution < -0.4 is 10.2 Å². The van der Waals surface area contributed by atoms with Crippen LogP contribution in [0.4, 0.5) is 0 Å². The number of benzene rings is 2. The monoisotopic (exact) mass is 410 g/mol. The Labute approximate surface area is 172 Å². The molecule has 0 saturated heterocycles. The van der Waals surface area contributed by atoms with Crippen LogP contribution in [0.15, 0.2) is 45.6 Å². The molecule has 1 aliphatic heterocycles. The summed E-state index contributed by atoms with van der Waals surface area (Å²) in [5, 5.41) is 30.2. The van der Waals surface area contributed by atoms with Gasteiger partial charge in [0.05, 0.1) is 10.9 Å². The molecular formula is C23H22O7. The Balaban J connectivity index is 2.15. The van der Waals surface area contributed by atoms with Crippen LogP contribution in [0.3, 0.4) is 0 Å². The summed E-state index contributed by atoms with van der Waals surface area (Å²) in [6.07, 6.45) is 2.79. The zero-order chi connectivity index (χ0) is 21.8. The number of rotatable bonds is 4. The molecule has 0 aliphatic carbocycles. The molecule has 3 N–H and O–H groups in total. The molecule has 156 valence electrons. The zero-order valence-corrected chi connectivity index (χ0v) is 16.9. The highest BCUT2D eigenvalue weighted by Gasteiger charge is 2.32. The van der Waals surface area contributed by atoms with Crippen molar-refractivity contribution in [1.82, 2.24) is 0 Å². The molecule has 0 radical (unpaired) electrons. The Bertz CT molecular complexity index is 1280. The van der Waals surface area contributed by atoms with E-state index < -0.39 is 17.1 Å². The lowest BCUT2D eigenvalue weighted by molar-refractivity contribution is -0.268. The van der Waals surface area contributed by atoms with Gasteiger partial charge in [0.1, 0.15) is 45.5 Å². The van der Waals surface area contributed by atoms with Gasteiger partial charge in [-0.2, -0.15) is 0 Å². The molecule has 30 heavy (non-hydrogen) atoms. The summed E-state index contributed by atoms with van der Waals surface area (Å²) >= 11 is 0. The van der Waals surface area contributed by atoms with Crippen LogP contribution in [0.2, 0.25) is 0 Å². The number of fused-ring (bicyclic) bond motifs is 3. The van der Waals surface area contributed by atoms with Crippen molar-refractivity contribution < 1.29 is 29.5 Å². The zero-order valence-electron chi connectivity index (χ0n) is 16.9. The smallest absolute Gasteiger partial charge is 0.204 e. The van der Waals surface area contributed by atoms with E-state index >= 15 is 0 Å². The third kappa shape index (κ3) is 3.12. The summed E-state index contributed by atoms with van der Waals surface area (Å²) in [5.74, 6) is -0.0174. The van der Waals surface area contributed by atoms with E-state index in [2.05, 4.69) is 11.5 Å². The lowest BCUT2D eigenvalue weighted by atomic mass is 9.92. The van der Waals surface area contributed by atoms with Crippen molar-refractivity contribution in [2.24, 2.45) is 0 Å². The lowest BCUT2D eigenvalue weighted by Crippen LogP contribution is -2.29. The van der Waals surface area contributed by atoms with Gasteiger partial charge in [-0.1, -0.05) is 6.58 Å². The Morgan fingerprint density at radius 1 is 1.30 bits per heavy atom. The minimum absolute atomic E-state index is 0.0341. The average molecular weight is 410 g/mol. The van der Waals surface area contributed by atoms with Crippen molar-refractivity contribution >= 4 is 28.0 Å². The third-order valence-electron chi connectivity index (χ3n) is 5.24. The van der Waals surface area contributed by atoms with E-state index in [1.54, 1.807) is 19.1 Å². The van der Waals surface area contributed by atoms with Crippen LogP contribution in [0.1, 0.15) is 31.9 Å². The van der Waals surface area contributed by atoms with E-state index in [1.165, 1.54) is 18.2 Å². The summed E-state index contributed by atoms with van der Waals surface area (Å²) in [5.41, 5.74) is 0.581. The maximum Gasteiger partial charge on any atom is 0.204 e. The fourth-order valence-corrected chi connectivity index (χ4v) is 3.64. The molecule has 1 unspecified atom stereocenters. The van der Waals surface area contributed by atoms with E-state index in [0.717, 1.165) is 0 Å². The molecule has 3 aromatic rings. The second-order valence-corrected chi connectivity index (χ2v) is 8.07. The van der Waals surface area contributed by atoms with Crippen LogP contribution in [-0.4, -0.2) is 27.2 Å². The molecule has 4 rings (SSSR count). The molecule has 7 nitrogen and oxygen atoms in total. The molecule has 1 aromatic heterocycles. The maximum atomic E-state index is 13.2. The average Bonchev–Trinajstić information content (AvgIpc) is 2.67. The standard InChI is InChI=1S/C23H22O7/c1-11(2)17(30-27)10-15-21-13(7-8-23(3,4)29-21)19(25)18-20(26)14-9-12(24)5-6-16(14)28-22(15)18/h5-9,17,24-25,27H,1,10H2,2-4H3. The SMILES string of the molecule is C=C(C)C(Cc1c2c(c(O)c3c(=O)c4cc(O)ccc4oc13)C=CC(C)(C)O2)OO. The first kappa shape index (κ1) is 20.0. The van der Waals surface area contributed by atoms with Gasteiger partial charge >= 0.3 is 0 Å². The van der Waals surface area contributed by atoms with E-state index in [9.17, 15) is 20.3 Å². The summed E-state index contributed by atoms with van der Waals surface area (Å²) in [4.78, 5) is 17.8. The summed E-state index contributed by atoms with van der Waals surface area (Å²) in [6, 6.07) is 4.18. The van der Waals surface area contributed by atoms with Gasteiger partial charge in [0, 0.05) is 12.0 Å². The van der Waals surface area contributed by atoms with Crippen LogP contribution in [0.5, 0.6) is 17.2 Å². The van der Waals surface area contributed by atoms with E-state index in [4.69, 9.17) is 9.15 Å². The first-order valence-electron chi connectivity index (χ1n) is 9.44. The molecule has 1 atom stereocenters. The fraction of sp³-hybridized carbons (Fsp3) is 0.261. The molecule has 0 saturated carbocycles. The van der Waals surface area contributed by atoms with Gasteiger partial charge in [-0.25, -0.2) is 4.89 Å². The number of aromatic hydroxyl groups is 2. The summed E-state index contributed by atoms with van der Waals surface area (Å²) in [6.45, 7) is 9.25. The molecule has 1 aliphatic rings. The molecule has 0 bridgehead atoms. The highest BCUT2D eigenvalue weighted by Crippen LogP contribution is 2.45. The highest BCUT2D eigenvalue weighted by molar-refractivity contribution is 5.99. The number of hydrogen-bond acceptors (Lipinski definition) is 7. The van der Waals surface area contributed by atoms with Crippen LogP contribution in [-0.2, 0) is 11.3 Å². The highest BCUT2D eigenvalue weighted by atomic mass is 17.1. The van der Waals surface area contributed by atoms with Gasteiger partial charge < -0.3 is 19.4 Å². The predicted octanol–water partition coefficient (Wildman–Crippen LogP) is 4.52. The Morgan fingerprint density at radius 2 is 2.03 bits per heavy atom. The maximum absolute atomic E-state index is 13.2. The summed E-state index contributed by atoms with van der Waals surface area (Å²) in [7, 11) is 0. The van der Waals surface area contributed by atoms with Crippen LogP contribution in [0, 0.1) is 0 Å². The van der Waals surface area contributed by atoms with Crippen molar-refractivity contribution in [3.8, 4) is 17.2 Å². The number of phenolic OH excluding ortho intramolecular Hbond substituents is 2. The quantitative estimate of drug-likeness (QED) is 0.251. The Kier molecular flexibility index (Phi) is 4.60. The van der Waals surface area contributed by atoms with Crippen molar-refractivity contribution in [2.75, 3.05) is 0 Å². The van der Waals surface area contributed by atoms with Gasteiger partial charge in [-0.3, -0.25) is 10.1 Å². The second-order valence-electron chi connectivity index (χ2n) is 8.07. The third-order valence-corrected chi connectivity index (χ3v) is 5.24. The predicted molar refractivity (Wildman–Crippen MR) is 113 cm³/mol. The normalized spacial score (nSPS) is 15.7. The Morgan fingerprint density at radius 3 is 2.70 bits per heavy atom. The minimum atomic E-state index is -0.778. The fourth-order valence-electron chi connectivity index (χ4n) is 3.64. The van der Waals surface area contributed by atoms with Gasteiger partial charge in [0.15, 0.2) is 0 Å². The molecule has 2 aromatic carbocycles. The number of phenols is 2. The topological polar surface area (TPSA) is 109 Å². The Hall–Kier alpha value is -3.29. The molecule has 0 fully saturated rings.